The minimum absolute atomic E-state index is 0.00117. The molecule has 4 aromatic rings. The summed E-state index contributed by atoms with van der Waals surface area (Å²) in [4.78, 5) is 28.1. The molecule has 2 atom stereocenters. The van der Waals surface area contributed by atoms with E-state index in [1.54, 1.807) is 39.4 Å². The third-order valence-corrected chi connectivity index (χ3v) is 8.26. The van der Waals surface area contributed by atoms with Crippen molar-refractivity contribution in [2.45, 2.75) is 51.9 Å². The second-order valence-corrected chi connectivity index (χ2v) is 12.1. The smallest absolute Gasteiger partial charge is 0.341 e. The number of carbonyl (C=O) groups is 2. The second kappa shape index (κ2) is 10.8. The lowest BCUT2D eigenvalue weighted by Crippen LogP contribution is -2.43. The maximum Gasteiger partial charge on any atom is 0.341 e. The van der Waals surface area contributed by atoms with Crippen molar-refractivity contribution in [3.05, 3.63) is 83.2 Å². The van der Waals surface area contributed by atoms with Crippen LogP contribution in [0.5, 0.6) is 0 Å². The quantitative estimate of drug-likeness (QED) is 0.272. The number of ether oxygens (including phenoxy) is 1. The Kier molecular flexibility index (Phi) is 7.16. The van der Waals surface area contributed by atoms with Crippen molar-refractivity contribution in [1.29, 1.82) is 0 Å². The number of amides is 1. The number of esters is 1. The number of rotatable bonds is 7. The number of piperidine rings is 1. The molecule has 2 aromatic heterocycles. The third-order valence-electron chi connectivity index (χ3n) is 8.26. The zero-order valence-electron chi connectivity index (χ0n) is 24.4. The average molecular weight is 571 g/mol. The number of aryl methyl sites for hydroxylation is 1. The Balaban J connectivity index is 1.35. The van der Waals surface area contributed by atoms with Gasteiger partial charge in [-0.15, -0.1) is 5.10 Å². The fraction of sp³-hybridized carbons (Fsp3) is 0.406. The minimum atomic E-state index is -0.541. The molecule has 0 radical (unpaired) electrons. The van der Waals surface area contributed by atoms with Gasteiger partial charge in [0.15, 0.2) is 0 Å². The lowest BCUT2D eigenvalue weighted by atomic mass is 9.84. The van der Waals surface area contributed by atoms with Gasteiger partial charge in [0.05, 0.1) is 35.4 Å². The summed E-state index contributed by atoms with van der Waals surface area (Å²) in [6.07, 6.45) is 6.16. The molecule has 9 nitrogen and oxygen atoms in total. The SMILES string of the molecule is CCOC(=O)c1cnn(-c2cccc(-c3cccc(C(=O)N4CCCC(C)(C)C4)c3F)c2)c1C1CC1c1cn(C)nn1. The molecule has 2 aliphatic rings. The van der Waals surface area contributed by atoms with Crippen LogP contribution in [0.25, 0.3) is 16.8 Å². The van der Waals surface area contributed by atoms with Crippen molar-refractivity contribution in [1.82, 2.24) is 29.7 Å². The van der Waals surface area contributed by atoms with Crippen molar-refractivity contribution in [3.8, 4) is 16.8 Å². The summed E-state index contributed by atoms with van der Waals surface area (Å²) in [6.45, 7) is 7.53. The van der Waals surface area contributed by atoms with Gasteiger partial charge in [0.2, 0.25) is 0 Å². The lowest BCUT2D eigenvalue weighted by Gasteiger charge is -2.38. The molecule has 2 aromatic carbocycles. The molecule has 3 heterocycles. The molecule has 2 fully saturated rings. The van der Waals surface area contributed by atoms with Crippen LogP contribution < -0.4 is 0 Å². The summed E-state index contributed by atoms with van der Waals surface area (Å²) >= 11 is 0. The zero-order valence-corrected chi connectivity index (χ0v) is 24.4. The highest BCUT2D eigenvalue weighted by molar-refractivity contribution is 5.96. The summed E-state index contributed by atoms with van der Waals surface area (Å²) in [6, 6.07) is 12.3. The Hall–Kier alpha value is -4.34. The van der Waals surface area contributed by atoms with E-state index in [-0.39, 0.29) is 35.3 Å². The monoisotopic (exact) mass is 570 g/mol. The number of carbonyl (C=O) groups excluding carboxylic acids is 2. The van der Waals surface area contributed by atoms with E-state index in [4.69, 9.17) is 4.74 Å². The fourth-order valence-corrected chi connectivity index (χ4v) is 6.14. The summed E-state index contributed by atoms with van der Waals surface area (Å²) in [7, 11) is 1.82. The van der Waals surface area contributed by atoms with Gasteiger partial charge in [0.1, 0.15) is 11.4 Å². The van der Waals surface area contributed by atoms with Gasteiger partial charge in [-0.3, -0.25) is 9.48 Å². The van der Waals surface area contributed by atoms with Gasteiger partial charge in [-0.2, -0.15) is 5.10 Å². The van der Waals surface area contributed by atoms with Crippen LogP contribution in [0.15, 0.2) is 54.9 Å². The Morgan fingerprint density at radius 1 is 1.12 bits per heavy atom. The Labute approximate surface area is 244 Å². The maximum atomic E-state index is 16.0. The van der Waals surface area contributed by atoms with Crippen molar-refractivity contribution in [2.24, 2.45) is 12.5 Å². The van der Waals surface area contributed by atoms with E-state index in [0.717, 1.165) is 30.7 Å². The van der Waals surface area contributed by atoms with E-state index in [1.165, 1.54) is 6.20 Å². The number of aromatic nitrogens is 5. The number of halogens is 1. The van der Waals surface area contributed by atoms with Gasteiger partial charge in [-0.25, -0.2) is 13.9 Å². The van der Waals surface area contributed by atoms with Crippen molar-refractivity contribution in [3.63, 3.8) is 0 Å². The number of hydrogen-bond acceptors (Lipinski definition) is 6. The first-order valence-electron chi connectivity index (χ1n) is 14.5. The zero-order chi connectivity index (χ0) is 29.6. The molecule has 0 spiro atoms. The molecule has 1 saturated heterocycles. The average Bonchev–Trinajstić information content (AvgIpc) is 3.41. The normalized spacial score (nSPS) is 19.5. The van der Waals surface area contributed by atoms with Gasteiger partial charge in [0.25, 0.3) is 5.91 Å². The molecule has 1 aliphatic carbocycles. The molecule has 42 heavy (non-hydrogen) atoms. The van der Waals surface area contributed by atoms with Crippen molar-refractivity contribution < 1.29 is 18.7 Å². The highest BCUT2D eigenvalue weighted by Gasteiger charge is 2.46. The fourth-order valence-electron chi connectivity index (χ4n) is 6.14. The summed E-state index contributed by atoms with van der Waals surface area (Å²) < 4.78 is 24.7. The number of likely N-dealkylation sites (tertiary alicyclic amines) is 1. The molecule has 6 rings (SSSR count). The van der Waals surface area contributed by atoms with Gasteiger partial charge < -0.3 is 9.64 Å². The van der Waals surface area contributed by atoms with Gasteiger partial charge in [-0.1, -0.05) is 43.3 Å². The second-order valence-electron chi connectivity index (χ2n) is 12.1. The first-order valence-corrected chi connectivity index (χ1v) is 14.5. The predicted molar refractivity (Wildman–Crippen MR) is 155 cm³/mol. The summed E-state index contributed by atoms with van der Waals surface area (Å²) in [5, 5.41) is 12.9. The molecule has 0 N–H and O–H groups in total. The molecular formula is C32H35FN6O3. The standard InChI is InChI=1S/C32H35FN6O3/c1-5-42-31(41)26-17-34-39(29(26)25-16-24(25)27-18-37(4)36-35-27)21-10-6-9-20(15-21)22-11-7-12-23(28(22)33)30(40)38-14-8-13-32(2,3)19-38/h6-7,9-12,15,17-18,24-25H,5,8,13-14,16,19H2,1-4H3. The van der Waals surface area contributed by atoms with Crippen LogP contribution >= 0.6 is 0 Å². The Morgan fingerprint density at radius 2 is 1.93 bits per heavy atom. The van der Waals surface area contributed by atoms with Crippen LogP contribution in [0, 0.1) is 11.2 Å². The van der Waals surface area contributed by atoms with Gasteiger partial charge >= 0.3 is 5.97 Å². The van der Waals surface area contributed by atoms with Crippen LogP contribution in [-0.4, -0.2) is 61.2 Å². The van der Waals surface area contributed by atoms with Crippen LogP contribution in [-0.2, 0) is 11.8 Å². The van der Waals surface area contributed by atoms with E-state index < -0.39 is 11.8 Å². The minimum Gasteiger partial charge on any atom is -0.462 e. The van der Waals surface area contributed by atoms with E-state index in [9.17, 15) is 9.59 Å². The van der Waals surface area contributed by atoms with Crippen LogP contribution in [0.3, 0.4) is 0 Å². The maximum absolute atomic E-state index is 16.0. The molecule has 0 bridgehead atoms. The van der Waals surface area contributed by atoms with E-state index in [0.29, 0.717) is 35.5 Å². The van der Waals surface area contributed by atoms with E-state index >= 15 is 4.39 Å². The molecule has 10 heteroatoms. The topological polar surface area (TPSA) is 95.1 Å². The first kappa shape index (κ1) is 27.8. The molecule has 2 unspecified atom stereocenters. The number of hydrogen-bond donors (Lipinski definition) is 0. The predicted octanol–water partition coefficient (Wildman–Crippen LogP) is 5.52. The Bertz CT molecular complexity index is 1660. The number of benzene rings is 2. The van der Waals surface area contributed by atoms with Crippen LogP contribution in [0.1, 0.15) is 84.0 Å². The summed E-state index contributed by atoms with van der Waals surface area (Å²) in [5.74, 6) is -1.15. The van der Waals surface area contributed by atoms with Crippen molar-refractivity contribution in [2.75, 3.05) is 19.7 Å². The lowest BCUT2D eigenvalue weighted by molar-refractivity contribution is 0.0524. The molecule has 218 valence electrons. The van der Waals surface area contributed by atoms with Crippen LogP contribution in [0.4, 0.5) is 4.39 Å². The molecule has 1 saturated carbocycles. The third kappa shape index (κ3) is 5.21. The molecule has 1 amide bonds. The van der Waals surface area contributed by atoms with E-state index in [2.05, 4.69) is 29.3 Å². The highest BCUT2D eigenvalue weighted by Crippen LogP contribution is 2.55. The highest BCUT2D eigenvalue weighted by atomic mass is 19.1. The van der Waals surface area contributed by atoms with Gasteiger partial charge in [0, 0.05) is 43.7 Å². The van der Waals surface area contributed by atoms with Crippen LogP contribution in [0.2, 0.25) is 0 Å². The summed E-state index contributed by atoms with van der Waals surface area (Å²) in [5.41, 5.74) is 3.70. The molecular weight excluding hydrogens is 535 g/mol. The van der Waals surface area contributed by atoms with Gasteiger partial charge in [-0.05, 0) is 55.4 Å². The number of nitrogens with zero attached hydrogens (tertiary/aromatic N) is 6. The largest absolute Gasteiger partial charge is 0.462 e. The van der Waals surface area contributed by atoms with Crippen molar-refractivity contribution >= 4 is 11.9 Å². The van der Waals surface area contributed by atoms with E-state index in [1.807, 2.05) is 37.5 Å². The Morgan fingerprint density at radius 3 is 2.67 bits per heavy atom. The molecule has 1 aliphatic heterocycles. The first-order chi connectivity index (χ1) is 20.2.